The van der Waals surface area contributed by atoms with E-state index in [1.54, 1.807) is 0 Å². The van der Waals surface area contributed by atoms with Gasteiger partial charge in [-0.05, 0) is 19.1 Å². The highest BCUT2D eigenvalue weighted by molar-refractivity contribution is 6.06. The molecule has 0 aliphatic heterocycles. The standard InChI is InChI=1S/C17H19N3O5/c1-11(18)16(22)20-17(23)14-15(21)13(7-8-19-14)25-10-9-24-12-5-3-2-4-6-12/h2-8,11,21H,9-10,18H2,1H3,(H,20,22,23)/t11-/m1/s1. The fourth-order valence-electron chi connectivity index (χ4n) is 1.83. The normalized spacial score (nSPS) is 11.4. The molecule has 132 valence electrons. The number of imide groups is 1. The zero-order valence-electron chi connectivity index (χ0n) is 13.6. The van der Waals surface area contributed by atoms with Gasteiger partial charge in [0.2, 0.25) is 5.91 Å². The molecule has 0 radical (unpaired) electrons. The minimum Gasteiger partial charge on any atom is -0.503 e. The number of aromatic hydroxyl groups is 1. The molecule has 0 aliphatic carbocycles. The number of nitrogens with two attached hydrogens (primary N) is 1. The SMILES string of the molecule is C[C@@H](N)C(=O)NC(=O)c1nccc(OCCOc2ccccc2)c1O. The molecule has 0 fully saturated rings. The fraction of sp³-hybridized carbons (Fsp3) is 0.235. The van der Waals surface area contributed by atoms with E-state index in [0.717, 1.165) is 0 Å². The molecule has 4 N–H and O–H groups in total. The zero-order chi connectivity index (χ0) is 18.2. The van der Waals surface area contributed by atoms with Gasteiger partial charge in [-0.25, -0.2) is 4.98 Å². The van der Waals surface area contributed by atoms with Gasteiger partial charge in [0.05, 0.1) is 6.04 Å². The van der Waals surface area contributed by atoms with Crippen LogP contribution in [0.4, 0.5) is 0 Å². The molecule has 25 heavy (non-hydrogen) atoms. The molecule has 1 atom stereocenters. The van der Waals surface area contributed by atoms with Gasteiger partial charge in [0.15, 0.2) is 17.2 Å². The zero-order valence-corrected chi connectivity index (χ0v) is 13.6. The molecule has 1 heterocycles. The van der Waals surface area contributed by atoms with Crippen molar-refractivity contribution >= 4 is 11.8 Å². The van der Waals surface area contributed by atoms with Crippen LogP contribution >= 0.6 is 0 Å². The number of hydrogen-bond donors (Lipinski definition) is 3. The van der Waals surface area contributed by atoms with Gasteiger partial charge in [0, 0.05) is 12.3 Å². The van der Waals surface area contributed by atoms with Crippen molar-refractivity contribution in [2.75, 3.05) is 13.2 Å². The lowest BCUT2D eigenvalue weighted by molar-refractivity contribution is -0.121. The van der Waals surface area contributed by atoms with E-state index in [4.69, 9.17) is 15.2 Å². The fourth-order valence-corrected chi connectivity index (χ4v) is 1.83. The van der Waals surface area contributed by atoms with E-state index in [1.165, 1.54) is 19.2 Å². The number of pyridine rings is 1. The lowest BCUT2D eigenvalue weighted by Gasteiger charge is -2.11. The predicted octanol–water partition coefficient (Wildman–Crippen LogP) is 0.849. The second-order valence-corrected chi connectivity index (χ2v) is 5.12. The van der Waals surface area contributed by atoms with Crippen molar-refractivity contribution in [1.29, 1.82) is 0 Å². The first kappa shape index (κ1) is 18.2. The topological polar surface area (TPSA) is 124 Å². The molecule has 8 heteroatoms. The summed E-state index contributed by atoms with van der Waals surface area (Å²) in [6.07, 6.45) is 1.29. The smallest absolute Gasteiger partial charge is 0.280 e. The first-order valence-electron chi connectivity index (χ1n) is 7.58. The number of ether oxygens (including phenoxy) is 2. The van der Waals surface area contributed by atoms with Crippen LogP contribution in [0, 0.1) is 0 Å². The summed E-state index contributed by atoms with van der Waals surface area (Å²) in [6, 6.07) is 9.73. The Labute approximate surface area is 144 Å². The molecule has 0 unspecified atom stereocenters. The number of hydrogen-bond acceptors (Lipinski definition) is 7. The first-order valence-corrected chi connectivity index (χ1v) is 7.58. The molecule has 0 bridgehead atoms. The molecule has 2 amide bonds. The highest BCUT2D eigenvalue weighted by Crippen LogP contribution is 2.28. The van der Waals surface area contributed by atoms with Crippen LogP contribution in [0.3, 0.4) is 0 Å². The van der Waals surface area contributed by atoms with Crippen LogP contribution in [0.2, 0.25) is 0 Å². The maximum Gasteiger partial charge on any atom is 0.280 e. The van der Waals surface area contributed by atoms with Crippen LogP contribution in [0.5, 0.6) is 17.2 Å². The van der Waals surface area contributed by atoms with E-state index in [2.05, 4.69) is 4.98 Å². The maximum atomic E-state index is 12.0. The molecule has 8 nitrogen and oxygen atoms in total. The van der Waals surface area contributed by atoms with Crippen molar-refractivity contribution in [1.82, 2.24) is 10.3 Å². The number of amides is 2. The van der Waals surface area contributed by atoms with Crippen LogP contribution < -0.4 is 20.5 Å². The first-order chi connectivity index (χ1) is 12.0. The Kier molecular flexibility index (Phi) is 6.30. The van der Waals surface area contributed by atoms with Crippen molar-refractivity contribution in [3.8, 4) is 17.2 Å². The average molecular weight is 345 g/mol. The Bertz CT molecular complexity index is 734. The number of carbonyl (C=O) groups excluding carboxylic acids is 2. The van der Waals surface area contributed by atoms with E-state index < -0.39 is 23.6 Å². The van der Waals surface area contributed by atoms with Crippen molar-refractivity contribution in [3.63, 3.8) is 0 Å². The van der Waals surface area contributed by atoms with Crippen molar-refractivity contribution in [2.24, 2.45) is 5.73 Å². The number of nitrogens with zero attached hydrogens (tertiary/aromatic N) is 1. The summed E-state index contributed by atoms with van der Waals surface area (Å²) in [4.78, 5) is 27.2. The third-order valence-corrected chi connectivity index (χ3v) is 3.11. The predicted molar refractivity (Wildman–Crippen MR) is 89.5 cm³/mol. The van der Waals surface area contributed by atoms with Crippen molar-refractivity contribution in [2.45, 2.75) is 13.0 Å². The molecule has 2 rings (SSSR count). The molecule has 0 aliphatic rings. The highest BCUT2D eigenvalue weighted by atomic mass is 16.5. The largest absolute Gasteiger partial charge is 0.503 e. The van der Waals surface area contributed by atoms with E-state index in [-0.39, 0.29) is 24.7 Å². The van der Waals surface area contributed by atoms with Gasteiger partial charge in [-0.15, -0.1) is 0 Å². The monoisotopic (exact) mass is 345 g/mol. The van der Waals surface area contributed by atoms with Gasteiger partial charge < -0.3 is 20.3 Å². The molecule has 2 aromatic rings. The van der Waals surface area contributed by atoms with Crippen LogP contribution in [0.15, 0.2) is 42.6 Å². The summed E-state index contributed by atoms with van der Waals surface area (Å²) in [7, 11) is 0. The van der Waals surface area contributed by atoms with Gasteiger partial charge in [-0.1, -0.05) is 18.2 Å². The number of rotatable bonds is 7. The Morgan fingerprint density at radius 1 is 1.20 bits per heavy atom. The van der Waals surface area contributed by atoms with Crippen LogP contribution in [0.25, 0.3) is 0 Å². The van der Waals surface area contributed by atoms with Gasteiger partial charge in [-0.2, -0.15) is 0 Å². The highest BCUT2D eigenvalue weighted by Gasteiger charge is 2.20. The lowest BCUT2D eigenvalue weighted by atomic mass is 10.2. The minimum absolute atomic E-state index is 0.0602. The third kappa shape index (κ3) is 5.18. The van der Waals surface area contributed by atoms with E-state index in [9.17, 15) is 14.7 Å². The molecular formula is C17H19N3O5. The third-order valence-electron chi connectivity index (χ3n) is 3.11. The summed E-state index contributed by atoms with van der Waals surface area (Å²) >= 11 is 0. The van der Waals surface area contributed by atoms with Crippen molar-refractivity contribution in [3.05, 3.63) is 48.3 Å². The molecule has 1 aromatic carbocycles. The van der Waals surface area contributed by atoms with E-state index in [1.807, 2.05) is 35.6 Å². The molecule has 0 spiro atoms. The van der Waals surface area contributed by atoms with E-state index in [0.29, 0.717) is 5.75 Å². The quantitative estimate of drug-likeness (QED) is 0.635. The van der Waals surface area contributed by atoms with Crippen LogP contribution in [-0.2, 0) is 4.79 Å². The molecular weight excluding hydrogens is 326 g/mol. The minimum atomic E-state index is -0.860. The number of carbonyl (C=O) groups is 2. The summed E-state index contributed by atoms with van der Waals surface area (Å²) in [6.45, 7) is 1.82. The molecule has 1 aromatic heterocycles. The van der Waals surface area contributed by atoms with Gasteiger partial charge in [0.25, 0.3) is 5.91 Å². The van der Waals surface area contributed by atoms with Gasteiger partial charge in [0.1, 0.15) is 19.0 Å². The summed E-state index contributed by atoms with van der Waals surface area (Å²) in [5, 5.41) is 12.1. The molecule has 0 saturated carbocycles. The average Bonchev–Trinajstić information content (AvgIpc) is 2.60. The van der Waals surface area contributed by atoms with Crippen molar-refractivity contribution < 1.29 is 24.2 Å². The van der Waals surface area contributed by atoms with Gasteiger partial charge in [-0.3, -0.25) is 14.9 Å². The summed E-state index contributed by atoms with van der Waals surface area (Å²) < 4.78 is 10.9. The number of benzene rings is 1. The number of para-hydroxylation sites is 1. The Balaban J connectivity index is 1.93. The summed E-state index contributed by atoms with van der Waals surface area (Å²) in [5.74, 6) is -1.23. The Hall–Kier alpha value is -3.13. The molecule has 0 saturated heterocycles. The number of aromatic nitrogens is 1. The van der Waals surface area contributed by atoms with Crippen LogP contribution in [-0.4, -0.2) is 41.2 Å². The van der Waals surface area contributed by atoms with Crippen LogP contribution in [0.1, 0.15) is 17.4 Å². The lowest BCUT2D eigenvalue weighted by Crippen LogP contribution is -2.41. The summed E-state index contributed by atoms with van der Waals surface area (Å²) in [5.41, 5.74) is 5.05. The number of nitrogens with one attached hydrogen (secondary N) is 1. The van der Waals surface area contributed by atoms with Gasteiger partial charge >= 0.3 is 0 Å². The maximum absolute atomic E-state index is 12.0. The van der Waals surface area contributed by atoms with E-state index >= 15 is 0 Å². The second kappa shape index (κ2) is 8.65. The Morgan fingerprint density at radius 3 is 2.56 bits per heavy atom. The Morgan fingerprint density at radius 2 is 1.88 bits per heavy atom. The second-order valence-electron chi connectivity index (χ2n) is 5.12.